The third-order valence-corrected chi connectivity index (χ3v) is 7.76. The van der Waals surface area contributed by atoms with E-state index in [1.54, 1.807) is 16.7 Å². The lowest BCUT2D eigenvalue weighted by molar-refractivity contribution is -0.249. The summed E-state index contributed by atoms with van der Waals surface area (Å²) in [7, 11) is 1.45. The molecule has 0 unspecified atom stereocenters. The van der Waals surface area contributed by atoms with Crippen LogP contribution in [0, 0.1) is 0 Å². The number of aromatic amines is 1. The molecule has 7 rings (SSSR count). The highest BCUT2D eigenvalue weighted by Crippen LogP contribution is 2.47. The molecule has 1 fully saturated rings. The first-order valence-corrected chi connectivity index (χ1v) is 12.0. The average molecular weight is 501 g/mol. The Kier molecular flexibility index (Phi) is 4.60. The molecule has 5 atom stereocenters. The van der Waals surface area contributed by atoms with Gasteiger partial charge in [-0.2, -0.15) is 0 Å². The first kappa shape index (κ1) is 22.4. The normalized spacial score (nSPS) is 26.3. The minimum Gasteiger partial charge on any atom is -0.394 e. The molecule has 2 aliphatic heterocycles. The molecule has 0 aliphatic carbocycles. The fourth-order valence-electron chi connectivity index (χ4n) is 6.01. The number of rotatable bonds is 2. The Balaban J connectivity index is 1.71. The average Bonchev–Trinajstić information content (AvgIpc) is 3.53. The zero-order valence-electron chi connectivity index (χ0n) is 19.6. The Morgan fingerprint density at radius 1 is 0.865 bits per heavy atom. The van der Waals surface area contributed by atoms with Crippen LogP contribution >= 0.6 is 0 Å². The van der Waals surface area contributed by atoms with Crippen LogP contribution in [0.5, 0.6) is 0 Å². The number of aromatic nitrogens is 2. The van der Waals surface area contributed by atoms with Gasteiger partial charge in [-0.15, -0.1) is 0 Å². The van der Waals surface area contributed by atoms with E-state index < -0.39 is 49.1 Å². The number of para-hydroxylation sites is 2. The molecule has 0 saturated carbocycles. The van der Waals surface area contributed by atoms with Gasteiger partial charge in [-0.25, -0.2) is 0 Å². The van der Waals surface area contributed by atoms with Gasteiger partial charge in [-0.1, -0.05) is 36.4 Å². The van der Waals surface area contributed by atoms with Gasteiger partial charge in [0.2, 0.25) is 0 Å². The van der Waals surface area contributed by atoms with Gasteiger partial charge in [-0.05, 0) is 12.1 Å². The molecule has 0 radical (unpaired) electrons. The van der Waals surface area contributed by atoms with Crippen molar-refractivity contribution in [2.75, 3.05) is 13.7 Å². The summed E-state index contributed by atoms with van der Waals surface area (Å²) in [4.78, 5) is 31.4. The molecule has 1 saturated heterocycles. The molecular weight excluding hydrogens is 478 g/mol. The lowest BCUT2D eigenvalue weighted by atomic mass is 9.96. The van der Waals surface area contributed by atoms with Crippen LogP contribution < -0.4 is 0 Å². The van der Waals surface area contributed by atoms with E-state index in [9.17, 15) is 30.0 Å². The monoisotopic (exact) mass is 501 g/mol. The zero-order chi connectivity index (χ0) is 25.7. The van der Waals surface area contributed by atoms with Crippen LogP contribution in [0.3, 0.4) is 0 Å². The molecule has 2 amide bonds. The lowest BCUT2D eigenvalue weighted by Crippen LogP contribution is -2.56. The first-order valence-electron chi connectivity index (χ1n) is 12.0. The number of imide groups is 1. The quantitative estimate of drug-likeness (QED) is 0.231. The zero-order valence-corrected chi connectivity index (χ0v) is 19.6. The molecule has 10 nitrogen and oxygen atoms in total. The van der Waals surface area contributed by atoms with Gasteiger partial charge in [0.05, 0.1) is 34.3 Å². The van der Waals surface area contributed by atoms with E-state index in [-0.39, 0.29) is 5.56 Å². The second-order valence-electron chi connectivity index (χ2n) is 9.67. The molecular formula is C27H23N3O7. The summed E-state index contributed by atoms with van der Waals surface area (Å²) in [5, 5.41) is 44.4. The molecule has 10 heteroatoms. The summed E-state index contributed by atoms with van der Waals surface area (Å²) in [6, 6.07) is 14.7. The van der Waals surface area contributed by atoms with E-state index in [0.717, 1.165) is 15.8 Å². The van der Waals surface area contributed by atoms with Gasteiger partial charge in [0.1, 0.15) is 24.4 Å². The molecule has 5 N–H and O–H groups in total. The Bertz CT molecular complexity index is 1790. The maximum absolute atomic E-state index is 13.5. The van der Waals surface area contributed by atoms with Crippen LogP contribution in [0.15, 0.2) is 48.5 Å². The maximum atomic E-state index is 13.5. The smallest absolute Gasteiger partial charge is 0.262 e. The Labute approximate surface area is 208 Å². The molecule has 3 aromatic carbocycles. The van der Waals surface area contributed by atoms with Crippen LogP contribution in [0.1, 0.15) is 26.9 Å². The summed E-state index contributed by atoms with van der Waals surface area (Å²) in [5.74, 6) is -0.838. The number of aliphatic hydroxyl groups excluding tert-OH is 4. The second kappa shape index (κ2) is 7.60. The standard InChI is InChI=1S/C27H23N3O7/c1-29-25(35)18-16-11-6-2-4-8-13(11)28-20(16)21-17(19(18)26(29)36)12-7-3-5-9-14(12)30(21)27-24(34)23(33)22(32)15(10-31)37-27/h2-9,15,22-24,27-28,31-34H,10H2,1H3/t15-,22-,23+,24-,27-/m1/s1. The minimum atomic E-state index is -1.59. The van der Waals surface area contributed by atoms with Gasteiger partial charge in [0.15, 0.2) is 6.23 Å². The summed E-state index contributed by atoms with van der Waals surface area (Å²) in [6.45, 7) is -0.576. The number of ether oxygens (including phenoxy) is 1. The maximum Gasteiger partial charge on any atom is 0.262 e. The Morgan fingerprint density at radius 3 is 2.24 bits per heavy atom. The second-order valence-corrected chi connectivity index (χ2v) is 9.67. The van der Waals surface area contributed by atoms with E-state index in [0.29, 0.717) is 38.3 Å². The third kappa shape index (κ3) is 2.70. The van der Waals surface area contributed by atoms with Crippen molar-refractivity contribution in [3.63, 3.8) is 0 Å². The minimum absolute atomic E-state index is 0.263. The molecule has 5 aromatic rings. The van der Waals surface area contributed by atoms with Crippen molar-refractivity contribution in [3.8, 4) is 0 Å². The molecule has 0 spiro atoms. The number of aliphatic hydroxyl groups is 4. The van der Waals surface area contributed by atoms with Crippen molar-refractivity contribution in [3.05, 3.63) is 59.7 Å². The summed E-state index contributed by atoms with van der Waals surface area (Å²) in [6.07, 6.45) is -7.00. The van der Waals surface area contributed by atoms with E-state index >= 15 is 0 Å². The summed E-state index contributed by atoms with van der Waals surface area (Å²) >= 11 is 0. The topological polar surface area (TPSA) is 148 Å². The predicted octanol–water partition coefficient (Wildman–Crippen LogP) is 1.63. The van der Waals surface area contributed by atoms with Gasteiger partial charge in [0, 0.05) is 34.1 Å². The highest BCUT2D eigenvalue weighted by atomic mass is 16.6. The first-order chi connectivity index (χ1) is 17.8. The van der Waals surface area contributed by atoms with Crippen molar-refractivity contribution < 1.29 is 34.8 Å². The highest BCUT2D eigenvalue weighted by molar-refractivity contribution is 6.39. The van der Waals surface area contributed by atoms with Crippen LogP contribution in [0.2, 0.25) is 0 Å². The highest BCUT2D eigenvalue weighted by Gasteiger charge is 2.46. The summed E-state index contributed by atoms with van der Waals surface area (Å²) in [5.41, 5.74) is 2.99. The van der Waals surface area contributed by atoms with Crippen molar-refractivity contribution in [2.24, 2.45) is 0 Å². The number of carbonyl (C=O) groups excluding carboxylic acids is 2. The SMILES string of the molecule is CN1C(=O)c2c(c3c4ccccc4n([C@@H]4O[C@H](CO)[C@@H](O)[C@H](O)[C@H]4O)c3c3[nH]c4ccccc4c23)C1=O. The van der Waals surface area contributed by atoms with E-state index in [4.69, 9.17) is 4.74 Å². The van der Waals surface area contributed by atoms with Gasteiger partial charge in [0.25, 0.3) is 11.8 Å². The molecule has 188 valence electrons. The van der Waals surface area contributed by atoms with Crippen molar-refractivity contribution in [1.82, 2.24) is 14.5 Å². The molecule has 37 heavy (non-hydrogen) atoms. The number of benzene rings is 3. The summed E-state index contributed by atoms with van der Waals surface area (Å²) < 4.78 is 7.66. The molecule has 2 aromatic heterocycles. The number of H-pyrrole nitrogens is 1. The number of nitrogens with zero attached hydrogens (tertiary/aromatic N) is 2. The molecule has 2 aliphatic rings. The van der Waals surface area contributed by atoms with Gasteiger partial charge < -0.3 is 34.7 Å². The third-order valence-electron chi connectivity index (χ3n) is 7.76. The number of hydrogen-bond donors (Lipinski definition) is 5. The van der Waals surface area contributed by atoms with E-state index in [1.165, 1.54) is 7.05 Å². The fourth-order valence-corrected chi connectivity index (χ4v) is 6.01. The molecule has 0 bridgehead atoms. The Morgan fingerprint density at radius 2 is 1.51 bits per heavy atom. The van der Waals surface area contributed by atoms with Crippen molar-refractivity contribution in [2.45, 2.75) is 30.6 Å². The van der Waals surface area contributed by atoms with Crippen LogP contribution in [0.4, 0.5) is 0 Å². The van der Waals surface area contributed by atoms with E-state index in [2.05, 4.69) is 4.98 Å². The van der Waals surface area contributed by atoms with Crippen molar-refractivity contribution in [1.29, 1.82) is 0 Å². The van der Waals surface area contributed by atoms with Crippen LogP contribution in [-0.4, -0.2) is 84.8 Å². The predicted molar refractivity (Wildman–Crippen MR) is 134 cm³/mol. The number of nitrogens with one attached hydrogen (secondary N) is 1. The van der Waals surface area contributed by atoms with Gasteiger partial charge >= 0.3 is 0 Å². The van der Waals surface area contributed by atoms with Crippen LogP contribution in [-0.2, 0) is 4.74 Å². The number of fused-ring (bicyclic) bond motifs is 10. The number of carbonyl (C=O) groups is 2. The van der Waals surface area contributed by atoms with Crippen molar-refractivity contribution >= 4 is 55.4 Å². The fraction of sp³-hybridized carbons (Fsp3) is 0.259. The van der Waals surface area contributed by atoms with E-state index in [1.807, 2.05) is 36.4 Å². The largest absolute Gasteiger partial charge is 0.394 e. The van der Waals surface area contributed by atoms with Crippen LogP contribution in [0.25, 0.3) is 43.6 Å². The number of amides is 2. The number of hydrogen-bond acceptors (Lipinski definition) is 7. The lowest BCUT2D eigenvalue weighted by Gasteiger charge is -2.41. The Hall–Kier alpha value is -3.80. The van der Waals surface area contributed by atoms with Gasteiger partial charge in [-0.3, -0.25) is 14.5 Å². The molecule has 4 heterocycles.